The summed E-state index contributed by atoms with van der Waals surface area (Å²) < 4.78 is 1.96. The Morgan fingerprint density at radius 2 is 1.95 bits per heavy atom. The molecule has 0 saturated carbocycles. The third kappa shape index (κ3) is 2.96. The lowest BCUT2D eigenvalue weighted by Crippen LogP contribution is -2.43. The highest BCUT2D eigenvalue weighted by molar-refractivity contribution is 8.14. The number of hydrogen-bond acceptors (Lipinski definition) is 6. The van der Waals surface area contributed by atoms with Crippen LogP contribution in [-0.4, -0.2) is 49.9 Å². The SMILES string of the molecule is Cn1cc(C(=O)NCCN2C(=O)CSC2=O)c(=O)n(C)c1=O. The molecule has 1 N–H and O–H groups in total. The molecule has 1 saturated heterocycles. The van der Waals surface area contributed by atoms with Gasteiger partial charge in [-0.3, -0.25) is 28.6 Å². The van der Waals surface area contributed by atoms with Crippen LogP contribution < -0.4 is 16.6 Å². The summed E-state index contributed by atoms with van der Waals surface area (Å²) in [5.74, 6) is -0.862. The summed E-state index contributed by atoms with van der Waals surface area (Å²) in [6.07, 6.45) is 1.15. The molecule has 0 atom stereocenters. The molecule has 0 spiro atoms. The number of imide groups is 1. The first kappa shape index (κ1) is 16.0. The van der Waals surface area contributed by atoms with E-state index in [1.54, 1.807) is 0 Å². The molecule has 2 rings (SSSR count). The van der Waals surface area contributed by atoms with Crippen LogP contribution >= 0.6 is 11.8 Å². The highest BCUT2D eigenvalue weighted by Crippen LogP contribution is 2.17. The lowest BCUT2D eigenvalue weighted by molar-refractivity contribution is -0.124. The molecule has 1 aromatic heterocycles. The van der Waals surface area contributed by atoms with E-state index in [9.17, 15) is 24.0 Å². The zero-order valence-electron chi connectivity index (χ0n) is 12.0. The Hall–Kier alpha value is -2.36. The van der Waals surface area contributed by atoms with Crippen molar-refractivity contribution in [3.8, 4) is 0 Å². The minimum absolute atomic E-state index is 0.0306. The molecule has 1 aromatic rings. The van der Waals surface area contributed by atoms with Gasteiger partial charge in [0.05, 0.1) is 5.75 Å². The molecule has 1 aliphatic rings. The van der Waals surface area contributed by atoms with Crippen LogP contribution in [0.3, 0.4) is 0 Å². The van der Waals surface area contributed by atoms with Crippen LogP contribution in [-0.2, 0) is 18.9 Å². The molecule has 10 heteroatoms. The maximum Gasteiger partial charge on any atom is 0.330 e. The highest BCUT2D eigenvalue weighted by Gasteiger charge is 2.29. The van der Waals surface area contributed by atoms with Gasteiger partial charge in [-0.05, 0) is 0 Å². The number of aryl methyl sites for hydroxylation is 1. The largest absolute Gasteiger partial charge is 0.350 e. The van der Waals surface area contributed by atoms with Gasteiger partial charge in [-0.15, -0.1) is 0 Å². The first-order valence-electron chi connectivity index (χ1n) is 6.35. The smallest absolute Gasteiger partial charge is 0.330 e. The summed E-state index contributed by atoms with van der Waals surface area (Å²) in [4.78, 5) is 59.2. The minimum atomic E-state index is -0.704. The van der Waals surface area contributed by atoms with Crippen LogP contribution in [0.25, 0.3) is 0 Å². The molecule has 9 nitrogen and oxygen atoms in total. The quantitative estimate of drug-likeness (QED) is 0.722. The first-order valence-corrected chi connectivity index (χ1v) is 7.33. The van der Waals surface area contributed by atoms with Crippen LogP contribution in [0.5, 0.6) is 0 Å². The van der Waals surface area contributed by atoms with Crippen molar-refractivity contribution < 1.29 is 14.4 Å². The zero-order valence-corrected chi connectivity index (χ0v) is 12.8. The van der Waals surface area contributed by atoms with E-state index >= 15 is 0 Å². The van der Waals surface area contributed by atoms with Gasteiger partial charge >= 0.3 is 5.69 Å². The van der Waals surface area contributed by atoms with Crippen molar-refractivity contribution in [2.24, 2.45) is 14.1 Å². The fourth-order valence-corrected chi connectivity index (χ4v) is 2.69. The Morgan fingerprint density at radius 3 is 2.55 bits per heavy atom. The average Bonchev–Trinajstić information content (AvgIpc) is 2.80. The molecule has 0 unspecified atom stereocenters. The van der Waals surface area contributed by atoms with Crippen LogP contribution in [0, 0.1) is 0 Å². The van der Waals surface area contributed by atoms with Crippen molar-refractivity contribution >= 4 is 28.8 Å². The van der Waals surface area contributed by atoms with E-state index in [1.165, 1.54) is 14.1 Å². The number of amides is 3. The number of rotatable bonds is 4. The molecule has 0 bridgehead atoms. The molecule has 1 aliphatic heterocycles. The van der Waals surface area contributed by atoms with Gasteiger partial charge in [-0.1, -0.05) is 11.8 Å². The molecule has 0 radical (unpaired) electrons. The standard InChI is InChI=1S/C12H14N4O5S/c1-14-5-7(10(19)15(2)11(14)20)9(18)13-3-4-16-8(17)6-22-12(16)21/h5H,3-4,6H2,1-2H3,(H,13,18). The van der Waals surface area contributed by atoms with Gasteiger partial charge < -0.3 is 9.88 Å². The fraction of sp³-hybridized carbons (Fsp3) is 0.417. The predicted octanol–water partition coefficient (Wildman–Crippen LogP) is -1.49. The predicted molar refractivity (Wildman–Crippen MR) is 78.8 cm³/mol. The molecule has 118 valence electrons. The summed E-state index contributed by atoms with van der Waals surface area (Å²) in [7, 11) is 2.71. The summed E-state index contributed by atoms with van der Waals surface area (Å²) in [6, 6.07) is 0. The molecular weight excluding hydrogens is 312 g/mol. The lowest BCUT2D eigenvalue weighted by atomic mass is 10.3. The van der Waals surface area contributed by atoms with Crippen LogP contribution in [0.15, 0.2) is 15.8 Å². The van der Waals surface area contributed by atoms with Gasteiger partial charge in [-0.25, -0.2) is 4.79 Å². The highest BCUT2D eigenvalue weighted by atomic mass is 32.2. The van der Waals surface area contributed by atoms with Crippen molar-refractivity contribution in [2.45, 2.75) is 0 Å². The lowest BCUT2D eigenvalue weighted by Gasteiger charge is -2.13. The normalized spacial score (nSPS) is 14.5. The van der Waals surface area contributed by atoms with Crippen molar-refractivity contribution in [1.82, 2.24) is 19.4 Å². The van der Waals surface area contributed by atoms with Gasteiger partial charge in [0.15, 0.2) is 0 Å². The Labute approximate surface area is 128 Å². The fourth-order valence-electron chi connectivity index (χ4n) is 1.94. The molecule has 0 aromatic carbocycles. The van der Waals surface area contributed by atoms with Crippen molar-refractivity contribution in [2.75, 3.05) is 18.8 Å². The van der Waals surface area contributed by atoms with Gasteiger partial charge in [0.2, 0.25) is 5.91 Å². The number of nitrogens with one attached hydrogen (secondary N) is 1. The van der Waals surface area contributed by atoms with E-state index in [-0.39, 0.29) is 35.6 Å². The van der Waals surface area contributed by atoms with E-state index in [4.69, 9.17) is 0 Å². The molecule has 3 amide bonds. The van der Waals surface area contributed by atoms with Gasteiger partial charge in [-0.2, -0.15) is 0 Å². The monoisotopic (exact) mass is 326 g/mol. The third-order valence-electron chi connectivity index (χ3n) is 3.15. The number of carbonyl (C=O) groups excluding carboxylic acids is 3. The third-order valence-corrected chi connectivity index (χ3v) is 4.01. The molecule has 1 fully saturated rings. The summed E-state index contributed by atoms with van der Waals surface area (Å²) >= 11 is 0.910. The number of nitrogens with zero attached hydrogens (tertiary/aromatic N) is 3. The molecule has 22 heavy (non-hydrogen) atoms. The molecular formula is C12H14N4O5S. The maximum atomic E-state index is 12.0. The van der Waals surface area contributed by atoms with E-state index in [0.717, 1.165) is 32.0 Å². The Morgan fingerprint density at radius 1 is 1.27 bits per heavy atom. The summed E-state index contributed by atoms with van der Waals surface area (Å²) in [5.41, 5.74) is -1.42. The second-order valence-corrected chi connectivity index (χ2v) is 5.58. The van der Waals surface area contributed by atoms with Crippen molar-refractivity contribution in [3.05, 3.63) is 32.6 Å². The van der Waals surface area contributed by atoms with Gasteiger partial charge in [0, 0.05) is 33.4 Å². The second-order valence-electron chi connectivity index (χ2n) is 4.66. The molecule has 2 heterocycles. The van der Waals surface area contributed by atoms with Crippen LogP contribution in [0.2, 0.25) is 0 Å². The van der Waals surface area contributed by atoms with Gasteiger partial charge in [0.25, 0.3) is 16.7 Å². The Bertz CT molecular complexity index is 750. The zero-order chi connectivity index (χ0) is 16.4. The van der Waals surface area contributed by atoms with Crippen LogP contribution in [0.4, 0.5) is 4.79 Å². The number of aromatic nitrogens is 2. The Kier molecular flexibility index (Phi) is 4.50. The van der Waals surface area contributed by atoms with Gasteiger partial charge in [0.1, 0.15) is 5.56 Å². The number of carbonyl (C=O) groups is 3. The van der Waals surface area contributed by atoms with E-state index < -0.39 is 17.2 Å². The summed E-state index contributed by atoms with van der Waals surface area (Å²) in [6.45, 7) is 0.0748. The first-order chi connectivity index (χ1) is 10.3. The van der Waals surface area contributed by atoms with E-state index in [0.29, 0.717) is 0 Å². The van der Waals surface area contributed by atoms with Crippen molar-refractivity contribution in [3.63, 3.8) is 0 Å². The number of hydrogen-bond donors (Lipinski definition) is 1. The average molecular weight is 326 g/mol. The van der Waals surface area contributed by atoms with Crippen LogP contribution in [0.1, 0.15) is 10.4 Å². The summed E-state index contributed by atoms with van der Waals surface area (Å²) in [5, 5.41) is 2.11. The maximum absolute atomic E-state index is 12.0. The van der Waals surface area contributed by atoms with E-state index in [1.807, 2.05) is 0 Å². The van der Waals surface area contributed by atoms with E-state index in [2.05, 4.69) is 5.32 Å². The van der Waals surface area contributed by atoms with Crippen molar-refractivity contribution in [1.29, 1.82) is 0 Å². The number of thioether (sulfide) groups is 1. The topological polar surface area (TPSA) is 110 Å². The molecule has 0 aliphatic carbocycles. The minimum Gasteiger partial charge on any atom is -0.350 e. The second kappa shape index (κ2) is 6.18. The Balaban J connectivity index is 2.05.